The van der Waals surface area contributed by atoms with Crippen LogP contribution in [0.4, 0.5) is 0 Å². The van der Waals surface area contributed by atoms with Crippen LogP contribution in [-0.2, 0) is 9.53 Å². The van der Waals surface area contributed by atoms with Crippen LogP contribution in [0.15, 0.2) is 29.2 Å². The van der Waals surface area contributed by atoms with Crippen molar-refractivity contribution in [3.8, 4) is 0 Å². The van der Waals surface area contributed by atoms with Gasteiger partial charge in [-0.3, -0.25) is 4.79 Å². The largest absolute Gasteiger partial charge is 0.449 e. The molecule has 1 aromatic rings. The highest BCUT2D eigenvalue weighted by atomic mass is 32.2. The Hall–Kier alpha value is -1.49. The van der Waals surface area contributed by atoms with E-state index in [0.717, 1.165) is 4.90 Å². The number of carbonyl (C=O) groups excluding carboxylic acids is 2. The zero-order valence-electron chi connectivity index (χ0n) is 12.3. The molecular formula is C15H21NO3S. The number of amides is 1. The molecule has 0 radical (unpaired) electrons. The fourth-order valence-corrected chi connectivity index (χ4v) is 2.13. The molecule has 0 saturated carbocycles. The summed E-state index contributed by atoms with van der Waals surface area (Å²) in [7, 11) is 0. The van der Waals surface area contributed by atoms with Crippen molar-refractivity contribution >= 4 is 23.6 Å². The van der Waals surface area contributed by atoms with Crippen molar-refractivity contribution in [2.75, 3.05) is 12.8 Å². The fraction of sp³-hybridized carbons (Fsp3) is 0.467. The predicted octanol–water partition coefficient (Wildman–Crippen LogP) is 2.73. The zero-order chi connectivity index (χ0) is 15.1. The minimum Gasteiger partial charge on any atom is -0.449 e. The number of carbonyl (C=O) groups is 2. The van der Waals surface area contributed by atoms with Crippen LogP contribution < -0.4 is 5.32 Å². The lowest BCUT2D eigenvalue weighted by Gasteiger charge is -2.15. The molecular weight excluding hydrogens is 274 g/mol. The van der Waals surface area contributed by atoms with Gasteiger partial charge in [-0.25, -0.2) is 4.79 Å². The summed E-state index contributed by atoms with van der Waals surface area (Å²) < 4.78 is 5.21. The second kappa shape index (κ2) is 7.94. The number of nitrogens with one attached hydrogen (secondary N) is 1. The highest BCUT2D eigenvalue weighted by Crippen LogP contribution is 2.20. The van der Waals surface area contributed by atoms with Gasteiger partial charge in [0.05, 0.1) is 5.56 Å². The highest BCUT2D eigenvalue weighted by Gasteiger charge is 2.20. The minimum atomic E-state index is -0.795. The standard InChI is InChI=1S/C15H21NO3S/c1-10(2)9-16-14(17)11(3)19-15(18)12-7-5-6-8-13(12)20-4/h5-8,10-11H,9H2,1-4H3,(H,16,17)/t11-/m1/s1. The van der Waals surface area contributed by atoms with Gasteiger partial charge < -0.3 is 10.1 Å². The lowest BCUT2D eigenvalue weighted by atomic mass is 10.2. The molecule has 1 amide bonds. The molecule has 110 valence electrons. The van der Waals surface area contributed by atoms with E-state index in [1.165, 1.54) is 11.8 Å². The van der Waals surface area contributed by atoms with Crippen LogP contribution in [0.2, 0.25) is 0 Å². The maximum atomic E-state index is 12.1. The van der Waals surface area contributed by atoms with E-state index in [1.807, 2.05) is 32.2 Å². The summed E-state index contributed by atoms with van der Waals surface area (Å²) in [6.45, 7) is 6.16. The maximum absolute atomic E-state index is 12.1. The third kappa shape index (κ3) is 4.89. The van der Waals surface area contributed by atoms with E-state index >= 15 is 0 Å². The molecule has 4 nitrogen and oxygen atoms in total. The van der Waals surface area contributed by atoms with Crippen molar-refractivity contribution in [3.05, 3.63) is 29.8 Å². The lowest BCUT2D eigenvalue weighted by molar-refractivity contribution is -0.129. The Bertz CT molecular complexity index is 474. The van der Waals surface area contributed by atoms with Gasteiger partial charge in [-0.15, -0.1) is 11.8 Å². The summed E-state index contributed by atoms with van der Waals surface area (Å²) in [6.07, 6.45) is 1.10. The molecule has 20 heavy (non-hydrogen) atoms. The Morgan fingerprint density at radius 2 is 1.90 bits per heavy atom. The molecule has 1 aromatic carbocycles. The normalized spacial score (nSPS) is 12.1. The average molecular weight is 295 g/mol. The van der Waals surface area contributed by atoms with Gasteiger partial charge >= 0.3 is 5.97 Å². The highest BCUT2D eigenvalue weighted by molar-refractivity contribution is 7.98. The smallest absolute Gasteiger partial charge is 0.340 e. The van der Waals surface area contributed by atoms with E-state index in [1.54, 1.807) is 19.1 Å². The second-order valence-electron chi connectivity index (χ2n) is 4.89. The van der Waals surface area contributed by atoms with Crippen molar-refractivity contribution in [3.63, 3.8) is 0 Å². The molecule has 0 spiro atoms. The Balaban J connectivity index is 2.63. The summed E-state index contributed by atoms with van der Waals surface area (Å²) in [5.41, 5.74) is 0.489. The van der Waals surface area contributed by atoms with Crippen molar-refractivity contribution < 1.29 is 14.3 Å². The van der Waals surface area contributed by atoms with Gasteiger partial charge in [0.15, 0.2) is 6.10 Å². The van der Waals surface area contributed by atoms with Crippen molar-refractivity contribution in [2.24, 2.45) is 5.92 Å². The third-order valence-corrected chi connectivity index (χ3v) is 3.46. The van der Waals surface area contributed by atoms with Crippen LogP contribution in [0.3, 0.4) is 0 Å². The van der Waals surface area contributed by atoms with E-state index in [9.17, 15) is 9.59 Å². The molecule has 5 heteroatoms. The average Bonchev–Trinajstić information content (AvgIpc) is 2.44. The number of thioether (sulfide) groups is 1. The van der Waals surface area contributed by atoms with Crippen LogP contribution in [0.1, 0.15) is 31.1 Å². The van der Waals surface area contributed by atoms with Gasteiger partial charge in [-0.05, 0) is 31.2 Å². The Morgan fingerprint density at radius 1 is 1.25 bits per heavy atom. The number of hydrogen-bond acceptors (Lipinski definition) is 4. The number of benzene rings is 1. The molecule has 1 rings (SSSR count). The summed E-state index contributed by atoms with van der Waals surface area (Å²) >= 11 is 1.47. The van der Waals surface area contributed by atoms with Crippen LogP contribution >= 0.6 is 11.8 Å². The molecule has 0 saturated heterocycles. The quantitative estimate of drug-likeness (QED) is 0.647. The number of esters is 1. The number of ether oxygens (including phenoxy) is 1. The predicted molar refractivity (Wildman–Crippen MR) is 80.9 cm³/mol. The van der Waals surface area contributed by atoms with E-state index in [4.69, 9.17) is 4.74 Å². The van der Waals surface area contributed by atoms with Gasteiger partial charge in [0.2, 0.25) is 0 Å². The van der Waals surface area contributed by atoms with Crippen LogP contribution in [0, 0.1) is 5.92 Å². The molecule has 0 fully saturated rings. The first-order valence-electron chi connectivity index (χ1n) is 6.57. The van der Waals surface area contributed by atoms with E-state index in [2.05, 4.69) is 5.32 Å². The Kier molecular flexibility index (Phi) is 6.58. The molecule has 0 bridgehead atoms. The van der Waals surface area contributed by atoms with Crippen molar-refractivity contribution in [1.29, 1.82) is 0 Å². The van der Waals surface area contributed by atoms with Gasteiger partial charge in [0, 0.05) is 11.4 Å². The minimum absolute atomic E-state index is 0.270. The fourth-order valence-electron chi connectivity index (χ4n) is 1.54. The molecule has 0 unspecified atom stereocenters. The molecule has 0 aliphatic heterocycles. The summed E-state index contributed by atoms with van der Waals surface area (Å²) in [5, 5.41) is 2.75. The monoisotopic (exact) mass is 295 g/mol. The van der Waals surface area contributed by atoms with E-state index in [0.29, 0.717) is 18.0 Å². The number of rotatable bonds is 6. The topological polar surface area (TPSA) is 55.4 Å². The summed E-state index contributed by atoms with van der Waals surface area (Å²) in [6, 6.07) is 7.19. The van der Waals surface area contributed by atoms with Gasteiger partial charge in [0.1, 0.15) is 0 Å². The van der Waals surface area contributed by atoms with Gasteiger partial charge in [0.25, 0.3) is 5.91 Å². The molecule has 0 aliphatic carbocycles. The van der Waals surface area contributed by atoms with Gasteiger partial charge in [-0.1, -0.05) is 26.0 Å². The second-order valence-corrected chi connectivity index (χ2v) is 5.73. The van der Waals surface area contributed by atoms with E-state index in [-0.39, 0.29) is 5.91 Å². The Labute approximate surface area is 124 Å². The molecule has 0 aromatic heterocycles. The van der Waals surface area contributed by atoms with Crippen LogP contribution in [0.5, 0.6) is 0 Å². The molecule has 0 heterocycles. The SMILES string of the molecule is CSc1ccccc1C(=O)O[C@H](C)C(=O)NCC(C)C. The van der Waals surface area contributed by atoms with E-state index < -0.39 is 12.1 Å². The molecule has 0 aliphatic rings. The van der Waals surface area contributed by atoms with Crippen LogP contribution in [0.25, 0.3) is 0 Å². The summed E-state index contributed by atoms with van der Waals surface area (Å²) in [5.74, 6) is -0.380. The Morgan fingerprint density at radius 3 is 2.50 bits per heavy atom. The first-order chi connectivity index (χ1) is 9.45. The molecule has 1 N–H and O–H groups in total. The van der Waals surface area contributed by atoms with Crippen molar-refractivity contribution in [2.45, 2.75) is 31.8 Å². The first-order valence-corrected chi connectivity index (χ1v) is 7.80. The number of hydrogen-bond donors (Lipinski definition) is 1. The van der Waals surface area contributed by atoms with Crippen LogP contribution in [-0.4, -0.2) is 30.8 Å². The molecule has 1 atom stereocenters. The summed E-state index contributed by atoms with van der Waals surface area (Å²) in [4.78, 5) is 24.7. The third-order valence-electron chi connectivity index (χ3n) is 2.66. The van der Waals surface area contributed by atoms with Crippen molar-refractivity contribution in [1.82, 2.24) is 5.32 Å². The lowest BCUT2D eigenvalue weighted by Crippen LogP contribution is -2.37. The maximum Gasteiger partial charge on any atom is 0.340 e. The van der Waals surface area contributed by atoms with Gasteiger partial charge in [-0.2, -0.15) is 0 Å². The first kappa shape index (κ1) is 16.6. The zero-order valence-corrected chi connectivity index (χ0v) is 13.1.